The molecule has 0 spiro atoms. The molecule has 0 saturated heterocycles. The van der Waals surface area contributed by atoms with E-state index < -0.39 is 26.8 Å². The van der Waals surface area contributed by atoms with Crippen LogP contribution in [-0.4, -0.2) is 64.9 Å². The number of ether oxygens (including phenoxy) is 3. The molecule has 1 aliphatic carbocycles. The van der Waals surface area contributed by atoms with Gasteiger partial charge in [0.05, 0.1) is 10.9 Å². The van der Waals surface area contributed by atoms with Crippen molar-refractivity contribution in [3.05, 3.63) is 58.1 Å². The van der Waals surface area contributed by atoms with Gasteiger partial charge in [-0.1, -0.05) is 24.6 Å². The van der Waals surface area contributed by atoms with E-state index in [1.165, 1.54) is 7.11 Å². The molecule has 1 saturated carbocycles. The van der Waals surface area contributed by atoms with E-state index in [1.807, 2.05) is 32.0 Å². The first-order valence-corrected chi connectivity index (χ1v) is 19.0. The standard InChI is InChI=1S/C36H49ClN2O7S/c1-4-46-36(24-40)17-7-8-25(2)34(16-19-44-3)47(42,43)38-35(41)27-12-15-33-32(21-27)39(22-28-11-14-31(28)36)18-6-5-9-26-20-30(37)13-10-29(26)23-45-33/h10,12-13,15,20-21,24-25,28,31,34H,4-9,11,14,16-19,22-23H2,1-3H3,(H,38,41)/t25-,28-,31+,34+,36-/m0/s1. The quantitative estimate of drug-likeness (QED) is 0.350. The Balaban J connectivity index is 1.57. The second-order valence-corrected chi connectivity index (χ2v) is 15.7. The maximum atomic E-state index is 13.8. The first kappa shape index (κ1) is 35.6. The first-order chi connectivity index (χ1) is 22.6. The number of aldehydes is 1. The summed E-state index contributed by atoms with van der Waals surface area (Å²) in [6.45, 7) is 6.18. The summed E-state index contributed by atoms with van der Waals surface area (Å²) in [7, 11) is -2.52. The highest BCUT2D eigenvalue weighted by Gasteiger charge is 2.49. The van der Waals surface area contributed by atoms with Gasteiger partial charge < -0.3 is 23.9 Å². The number of carbonyl (C=O) groups excluding carboxylic acids is 2. The molecule has 5 rings (SSSR count). The molecule has 258 valence electrons. The minimum Gasteiger partial charge on any atom is -0.487 e. The van der Waals surface area contributed by atoms with Crippen molar-refractivity contribution in [3.8, 4) is 5.75 Å². The van der Waals surface area contributed by atoms with Gasteiger partial charge in [0.2, 0.25) is 10.0 Å². The summed E-state index contributed by atoms with van der Waals surface area (Å²) in [5.74, 6) is -0.0839. The largest absolute Gasteiger partial charge is 0.487 e. The van der Waals surface area contributed by atoms with Crippen LogP contribution >= 0.6 is 11.6 Å². The number of nitrogens with one attached hydrogen (secondary N) is 1. The van der Waals surface area contributed by atoms with Gasteiger partial charge in [0.1, 0.15) is 18.0 Å². The predicted molar refractivity (Wildman–Crippen MR) is 184 cm³/mol. The summed E-state index contributed by atoms with van der Waals surface area (Å²) < 4.78 is 47.9. The minimum absolute atomic E-state index is 0.0385. The number of hydrogen-bond donors (Lipinski definition) is 1. The van der Waals surface area contributed by atoms with Crippen LogP contribution in [0.2, 0.25) is 5.02 Å². The normalized spacial score (nSPS) is 28.3. The molecule has 47 heavy (non-hydrogen) atoms. The Kier molecular flexibility index (Phi) is 11.9. The Hall–Kier alpha value is -2.66. The number of halogens is 1. The summed E-state index contributed by atoms with van der Waals surface area (Å²) in [5.41, 5.74) is 2.26. The number of hydrogen-bond acceptors (Lipinski definition) is 8. The molecule has 5 atom stereocenters. The number of methoxy groups -OCH3 is 1. The molecule has 2 heterocycles. The zero-order valence-electron chi connectivity index (χ0n) is 27.8. The average molecular weight is 689 g/mol. The van der Waals surface area contributed by atoms with Gasteiger partial charge in [-0.05, 0) is 124 Å². The van der Waals surface area contributed by atoms with Gasteiger partial charge in [-0.2, -0.15) is 0 Å². The van der Waals surface area contributed by atoms with Gasteiger partial charge in [0.25, 0.3) is 5.91 Å². The molecular weight excluding hydrogens is 640 g/mol. The lowest BCUT2D eigenvalue weighted by atomic mass is 9.63. The van der Waals surface area contributed by atoms with Crippen molar-refractivity contribution in [1.29, 1.82) is 0 Å². The molecule has 1 N–H and O–H groups in total. The fraction of sp³-hybridized carbons (Fsp3) is 0.611. The van der Waals surface area contributed by atoms with Gasteiger partial charge in [-0.3, -0.25) is 4.79 Å². The molecule has 0 unspecified atom stereocenters. The SMILES string of the molecule is CCO[C@]1(C=O)CCC[C@H](C)[C@@H](CCOC)S(=O)(=O)NC(=O)c2ccc3c(c2)N(CCCCc2cc(Cl)ccc2CO3)C[C@@H]2CC[C@H]21. The highest BCUT2D eigenvalue weighted by Crippen LogP contribution is 2.47. The Morgan fingerprint density at radius 1 is 1.11 bits per heavy atom. The number of sulfonamides is 1. The maximum Gasteiger partial charge on any atom is 0.264 e. The molecule has 9 nitrogen and oxygen atoms in total. The van der Waals surface area contributed by atoms with Gasteiger partial charge in [-0.25, -0.2) is 13.1 Å². The molecule has 3 aliphatic rings. The van der Waals surface area contributed by atoms with Gasteiger partial charge in [-0.15, -0.1) is 0 Å². The third kappa shape index (κ3) is 8.15. The van der Waals surface area contributed by atoms with E-state index in [4.69, 9.17) is 25.8 Å². The molecule has 0 radical (unpaired) electrons. The number of rotatable bonds is 6. The van der Waals surface area contributed by atoms with Crippen LogP contribution in [0, 0.1) is 17.8 Å². The van der Waals surface area contributed by atoms with Crippen molar-refractivity contribution < 1.29 is 32.2 Å². The van der Waals surface area contributed by atoms with E-state index in [2.05, 4.69) is 9.62 Å². The second kappa shape index (κ2) is 15.7. The van der Waals surface area contributed by atoms with Crippen LogP contribution in [0.25, 0.3) is 0 Å². The molecule has 2 aliphatic heterocycles. The molecule has 2 bridgehead atoms. The van der Waals surface area contributed by atoms with Crippen LogP contribution in [0.5, 0.6) is 5.75 Å². The number of aryl methyl sites for hydroxylation is 1. The Labute approximate surface area is 284 Å². The lowest BCUT2D eigenvalue weighted by molar-refractivity contribution is -0.154. The fourth-order valence-corrected chi connectivity index (χ4v) is 9.61. The van der Waals surface area contributed by atoms with Crippen LogP contribution in [0.4, 0.5) is 5.69 Å². The number of anilines is 1. The van der Waals surface area contributed by atoms with Crippen molar-refractivity contribution in [1.82, 2.24) is 4.72 Å². The summed E-state index contributed by atoms with van der Waals surface area (Å²) in [4.78, 5) is 28.8. The third-order valence-electron chi connectivity index (χ3n) is 10.5. The van der Waals surface area contributed by atoms with Crippen molar-refractivity contribution in [3.63, 3.8) is 0 Å². The lowest BCUT2D eigenvalue weighted by Gasteiger charge is -2.49. The monoisotopic (exact) mass is 688 g/mol. The van der Waals surface area contributed by atoms with Gasteiger partial charge in [0, 0.05) is 44.0 Å². The second-order valence-electron chi connectivity index (χ2n) is 13.4. The fourth-order valence-electron chi connectivity index (χ4n) is 7.74. The van der Waals surface area contributed by atoms with E-state index in [9.17, 15) is 18.0 Å². The van der Waals surface area contributed by atoms with E-state index >= 15 is 0 Å². The van der Waals surface area contributed by atoms with Crippen molar-refractivity contribution in [2.75, 3.05) is 38.3 Å². The van der Waals surface area contributed by atoms with Crippen molar-refractivity contribution in [2.45, 2.75) is 89.1 Å². The van der Waals surface area contributed by atoms with Crippen molar-refractivity contribution >= 4 is 39.5 Å². The summed E-state index contributed by atoms with van der Waals surface area (Å²) in [6.07, 6.45) is 7.50. The molecule has 1 fully saturated rings. The van der Waals surface area contributed by atoms with Crippen molar-refractivity contribution in [2.24, 2.45) is 17.8 Å². The Morgan fingerprint density at radius 3 is 2.66 bits per heavy atom. The zero-order chi connectivity index (χ0) is 33.6. The summed E-state index contributed by atoms with van der Waals surface area (Å²) in [6, 6.07) is 11.0. The van der Waals surface area contributed by atoms with Crippen LogP contribution in [0.3, 0.4) is 0 Å². The maximum absolute atomic E-state index is 13.8. The molecule has 2 aromatic carbocycles. The number of carbonyl (C=O) groups is 2. The number of nitrogens with zero attached hydrogens (tertiary/aromatic N) is 1. The van der Waals surface area contributed by atoms with Crippen LogP contribution in [-0.2, 0) is 37.3 Å². The molecular formula is C36H49ClN2O7S. The van der Waals surface area contributed by atoms with Crippen LogP contribution in [0.1, 0.15) is 86.7 Å². The number of fused-ring (bicyclic) bond motifs is 3. The number of amides is 1. The predicted octanol–water partition coefficient (Wildman–Crippen LogP) is 6.35. The topological polar surface area (TPSA) is 111 Å². The lowest BCUT2D eigenvalue weighted by Crippen LogP contribution is -2.53. The molecule has 2 aromatic rings. The van der Waals surface area contributed by atoms with E-state index in [0.717, 1.165) is 55.2 Å². The Morgan fingerprint density at radius 2 is 1.94 bits per heavy atom. The third-order valence-corrected chi connectivity index (χ3v) is 12.7. The highest BCUT2D eigenvalue weighted by atomic mass is 35.5. The summed E-state index contributed by atoms with van der Waals surface area (Å²) >= 11 is 6.35. The summed E-state index contributed by atoms with van der Waals surface area (Å²) in [5, 5.41) is -0.153. The average Bonchev–Trinajstić information content (AvgIpc) is 3.05. The van der Waals surface area contributed by atoms with Gasteiger partial charge in [0.15, 0.2) is 6.29 Å². The van der Waals surface area contributed by atoms with E-state index in [1.54, 1.807) is 18.2 Å². The minimum atomic E-state index is -4.06. The van der Waals surface area contributed by atoms with Crippen LogP contribution in [0.15, 0.2) is 36.4 Å². The molecule has 0 aromatic heterocycles. The highest BCUT2D eigenvalue weighted by molar-refractivity contribution is 7.90. The smallest absolute Gasteiger partial charge is 0.264 e. The van der Waals surface area contributed by atoms with Gasteiger partial charge >= 0.3 is 0 Å². The van der Waals surface area contributed by atoms with E-state index in [-0.39, 0.29) is 36.3 Å². The number of benzene rings is 2. The molecule has 1 amide bonds. The van der Waals surface area contributed by atoms with Crippen LogP contribution < -0.4 is 14.4 Å². The molecule has 11 heteroatoms. The first-order valence-electron chi connectivity index (χ1n) is 17.0. The Bertz CT molecular complexity index is 1520. The van der Waals surface area contributed by atoms with E-state index in [0.29, 0.717) is 56.3 Å². The zero-order valence-corrected chi connectivity index (χ0v) is 29.4.